The van der Waals surface area contributed by atoms with Crippen LogP contribution in [0, 0.1) is 11.8 Å². The third-order valence-electron chi connectivity index (χ3n) is 5.68. The van der Waals surface area contributed by atoms with Crippen molar-refractivity contribution in [2.75, 3.05) is 11.5 Å². The lowest BCUT2D eigenvalue weighted by Gasteiger charge is -2.33. The Hall–Kier alpha value is -0.220. The summed E-state index contributed by atoms with van der Waals surface area (Å²) in [6, 6.07) is 0.479. The number of thioether (sulfide) groups is 1. The Morgan fingerprint density at radius 3 is 2.57 bits per heavy atom. The lowest BCUT2D eigenvalue weighted by molar-refractivity contribution is -0.146. The molecule has 0 aromatic heterocycles. The average Bonchev–Trinajstić information content (AvgIpc) is 2.97. The number of carbonyl (C=O) groups is 1. The Morgan fingerprint density at radius 2 is 1.90 bits per heavy atom. The highest BCUT2D eigenvalue weighted by molar-refractivity contribution is 7.99. The van der Waals surface area contributed by atoms with E-state index in [9.17, 15) is 9.90 Å². The maximum absolute atomic E-state index is 11.9. The van der Waals surface area contributed by atoms with Crippen LogP contribution in [0.25, 0.3) is 0 Å². The highest BCUT2D eigenvalue weighted by atomic mass is 32.2. The summed E-state index contributed by atoms with van der Waals surface area (Å²) in [7, 11) is 0. The second-order valence-corrected chi connectivity index (χ2v) is 8.45. The molecule has 0 aromatic carbocycles. The first kappa shape index (κ1) is 15.7. The van der Waals surface area contributed by atoms with E-state index in [1.807, 2.05) is 0 Å². The van der Waals surface area contributed by atoms with Crippen molar-refractivity contribution in [1.82, 2.24) is 5.32 Å². The quantitative estimate of drug-likeness (QED) is 0.671. The fourth-order valence-electron chi connectivity index (χ4n) is 4.25. The molecular weight excluding hydrogens is 282 g/mol. The molecule has 0 bridgehead atoms. The van der Waals surface area contributed by atoms with E-state index in [1.54, 1.807) is 0 Å². The number of rotatable bonds is 8. The smallest absolute Gasteiger partial charge is 0.324 e. The highest BCUT2D eigenvalue weighted by Crippen LogP contribution is 2.41. The zero-order chi connectivity index (χ0) is 14.7. The molecule has 3 fully saturated rings. The van der Waals surface area contributed by atoms with Crippen molar-refractivity contribution < 1.29 is 9.90 Å². The van der Waals surface area contributed by atoms with Crippen LogP contribution < -0.4 is 5.32 Å². The van der Waals surface area contributed by atoms with Crippen molar-refractivity contribution in [3.05, 3.63) is 0 Å². The second-order valence-electron chi connectivity index (χ2n) is 7.30. The van der Waals surface area contributed by atoms with Gasteiger partial charge in [-0.3, -0.25) is 10.1 Å². The van der Waals surface area contributed by atoms with E-state index >= 15 is 0 Å². The van der Waals surface area contributed by atoms with Crippen molar-refractivity contribution in [2.24, 2.45) is 11.8 Å². The van der Waals surface area contributed by atoms with E-state index in [-0.39, 0.29) is 0 Å². The minimum Gasteiger partial charge on any atom is -0.480 e. The van der Waals surface area contributed by atoms with Gasteiger partial charge >= 0.3 is 5.97 Å². The molecule has 21 heavy (non-hydrogen) atoms. The van der Waals surface area contributed by atoms with Crippen LogP contribution in [-0.2, 0) is 4.79 Å². The van der Waals surface area contributed by atoms with Crippen molar-refractivity contribution in [3.63, 3.8) is 0 Å². The Kier molecular flexibility index (Phi) is 5.15. The van der Waals surface area contributed by atoms with Gasteiger partial charge in [-0.25, -0.2) is 0 Å². The van der Waals surface area contributed by atoms with Crippen LogP contribution in [0.15, 0.2) is 0 Å². The topological polar surface area (TPSA) is 49.3 Å². The van der Waals surface area contributed by atoms with E-state index in [4.69, 9.17) is 0 Å². The van der Waals surface area contributed by atoms with Crippen LogP contribution in [-0.4, -0.2) is 34.2 Å². The zero-order valence-electron chi connectivity index (χ0n) is 13.0. The number of aliphatic carboxylic acids is 1. The van der Waals surface area contributed by atoms with Gasteiger partial charge in [-0.2, -0.15) is 11.8 Å². The average molecular weight is 311 g/mol. The monoisotopic (exact) mass is 311 g/mol. The van der Waals surface area contributed by atoms with Crippen molar-refractivity contribution in [1.29, 1.82) is 0 Å². The SMILES string of the molecule is O=C(O)C1(NC2CC2)CCCC1CCSCC1CCCC1. The van der Waals surface area contributed by atoms with Crippen LogP contribution >= 0.6 is 11.8 Å². The highest BCUT2D eigenvalue weighted by Gasteiger charge is 2.50. The molecule has 3 aliphatic carbocycles. The Balaban J connectivity index is 1.46. The van der Waals surface area contributed by atoms with E-state index in [1.165, 1.54) is 31.4 Å². The first-order valence-corrected chi connectivity index (χ1v) is 9.95. The van der Waals surface area contributed by atoms with Gasteiger partial charge in [0.2, 0.25) is 0 Å². The van der Waals surface area contributed by atoms with Crippen molar-refractivity contribution in [3.8, 4) is 0 Å². The maximum Gasteiger partial charge on any atom is 0.324 e. The molecule has 2 N–H and O–H groups in total. The van der Waals surface area contributed by atoms with Crippen molar-refractivity contribution >= 4 is 17.7 Å². The van der Waals surface area contributed by atoms with Crippen LogP contribution in [0.4, 0.5) is 0 Å². The number of carboxylic acid groups (broad SMARTS) is 1. The molecule has 120 valence electrons. The fraction of sp³-hybridized carbons (Fsp3) is 0.941. The van der Waals surface area contributed by atoms with Crippen LogP contribution in [0.5, 0.6) is 0 Å². The molecule has 0 aromatic rings. The predicted octanol–water partition coefficient (Wildman–Crippen LogP) is 3.68. The summed E-state index contributed by atoms with van der Waals surface area (Å²) in [5, 5.41) is 13.3. The first-order chi connectivity index (χ1) is 10.2. The van der Waals surface area contributed by atoms with Gasteiger partial charge in [-0.05, 0) is 68.3 Å². The molecule has 0 radical (unpaired) electrons. The van der Waals surface area contributed by atoms with Gasteiger partial charge < -0.3 is 5.11 Å². The first-order valence-electron chi connectivity index (χ1n) is 8.79. The molecule has 2 unspecified atom stereocenters. The van der Waals surface area contributed by atoms with E-state index in [0.717, 1.165) is 50.2 Å². The van der Waals surface area contributed by atoms with Crippen LogP contribution in [0.1, 0.15) is 64.2 Å². The zero-order valence-corrected chi connectivity index (χ0v) is 13.8. The Morgan fingerprint density at radius 1 is 1.14 bits per heavy atom. The standard InChI is InChI=1S/C17H29NO2S/c19-16(20)17(18-15-7-8-15)10-3-6-14(17)9-11-21-12-13-4-1-2-5-13/h13-15,18H,1-12H2,(H,19,20). The van der Waals surface area contributed by atoms with E-state index in [2.05, 4.69) is 17.1 Å². The van der Waals surface area contributed by atoms with Gasteiger partial charge in [0.05, 0.1) is 0 Å². The van der Waals surface area contributed by atoms with Gasteiger partial charge in [0.15, 0.2) is 0 Å². The molecule has 4 heteroatoms. The van der Waals surface area contributed by atoms with Gasteiger partial charge in [-0.15, -0.1) is 0 Å². The second kappa shape index (κ2) is 6.91. The van der Waals surface area contributed by atoms with Gasteiger partial charge in [-0.1, -0.05) is 19.3 Å². The lowest BCUT2D eigenvalue weighted by atomic mass is 9.85. The largest absolute Gasteiger partial charge is 0.480 e. The molecule has 3 aliphatic rings. The molecular formula is C17H29NO2S. The number of nitrogens with one attached hydrogen (secondary N) is 1. The predicted molar refractivity (Wildman–Crippen MR) is 87.8 cm³/mol. The lowest BCUT2D eigenvalue weighted by Crippen LogP contribution is -2.55. The fourth-order valence-corrected chi connectivity index (χ4v) is 5.53. The van der Waals surface area contributed by atoms with E-state index < -0.39 is 11.5 Å². The summed E-state index contributed by atoms with van der Waals surface area (Å²) < 4.78 is 0. The van der Waals surface area contributed by atoms with Gasteiger partial charge in [0.25, 0.3) is 0 Å². The molecule has 0 amide bonds. The Bertz CT molecular complexity index is 366. The summed E-state index contributed by atoms with van der Waals surface area (Å²) >= 11 is 2.06. The summed E-state index contributed by atoms with van der Waals surface area (Å²) in [5.74, 6) is 3.11. The number of carboxylic acids is 1. The summed E-state index contributed by atoms with van der Waals surface area (Å²) in [6.07, 6.45) is 12.1. The molecule has 3 nitrogen and oxygen atoms in total. The number of hydrogen-bond donors (Lipinski definition) is 2. The molecule has 0 saturated heterocycles. The third-order valence-corrected chi connectivity index (χ3v) is 6.91. The molecule has 0 aliphatic heterocycles. The molecule has 0 heterocycles. The molecule has 2 atom stereocenters. The van der Waals surface area contributed by atoms with Gasteiger partial charge in [0, 0.05) is 6.04 Å². The van der Waals surface area contributed by atoms with Crippen LogP contribution in [0.2, 0.25) is 0 Å². The summed E-state index contributed by atoms with van der Waals surface area (Å²) in [5.41, 5.74) is -0.602. The number of hydrogen-bond acceptors (Lipinski definition) is 3. The molecule has 3 saturated carbocycles. The van der Waals surface area contributed by atoms with E-state index in [0.29, 0.717) is 12.0 Å². The molecule has 0 spiro atoms. The minimum absolute atomic E-state index is 0.340. The third kappa shape index (κ3) is 3.76. The van der Waals surface area contributed by atoms with Crippen LogP contribution in [0.3, 0.4) is 0 Å². The maximum atomic E-state index is 11.9. The summed E-state index contributed by atoms with van der Waals surface area (Å²) in [4.78, 5) is 11.9. The van der Waals surface area contributed by atoms with Gasteiger partial charge in [0.1, 0.15) is 5.54 Å². The van der Waals surface area contributed by atoms with Crippen molar-refractivity contribution in [2.45, 2.75) is 75.8 Å². The Labute approximate surface area is 132 Å². The molecule has 3 rings (SSSR count). The normalized spacial score (nSPS) is 33.6. The summed E-state index contributed by atoms with van der Waals surface area (Å²) in [6.45, 7) is 0. The minimum atomic E-state index is -0.602.